The lowest BCUT2D eigenvalue weighted by atomic mass is 10.1. The van der Waals surface area contributed by atoms with Crippen LogP contribution in [0.25, 0.3) is 10.8 Å². The van der Waals surface area contributed by atoms with Gasteiger partial charge in [-0.25, -0.2) is 8.42 Å². The van der Waals surface area contributed by atoms with E-state index >= 15 is 0 Å². The van der Waals surface area contributed by atoms with Crippen LogP contribution in [0, 0.1) is 13.8 Å². The van der Waals surface area contributed by atoms with Gasteiger partial charge in [-0.1, -0.05) is 64.7 Å². The van der Waals surface area contributed by atoms with Gasteiger partial charge in [0.25, 0.3) is 0 Å². The minimum absolute atomic E-state index is 0.120. The molecule has 234 valence electrons. The summed E-state index contributed by atoms with van der Waals surface area (Å²) >= 11 is 12.8. The molecule has 0 amide bonds. The fraction of sp³-hybridized carbons (Fsp3) is 0.371. The molecule has 0 saturated heterocycles. The number of unbranched alkanes of at least 4 members (excludes halogenated alkanes) is 1. The van der Waals surface area contributed by atoms with Crippen LogP contribution in [0.3, 0.4) is 0 Å². The molecule has 1 heterocycles. The molecule has 0 bridgehead atoms. The molecule has 0 aliphatic carbocycles. The van der Waals surface area contributed by atoms with Gasteiger partial charge in [0.15, 0.2) is 11.5 Å². The van der Waals surface area contributed by atoms with Crippen LogP contribution in [0.15, 0.2) is 71.6 Å². The Kier molecular flexibility index (Phi) is 10.1. The van der Waals surface area contributed by atoms with Crippen LogP contribution in [0.4, 0.5) is 0 Å². The summed E-state index contributed by atoms with van der Waals surface area (Å²) in [6.45, 7) is 13.4. The van der Waals surface area contributed by atoms with Gasteiger partial charge in [0.05, 0.1) is 24.5 Å². The monoisotopic (exact) mass is 655 g/mol. The molecule has 0 atom stereocenters. The molecule has 9 heteroatoms. The van der Waals surface area contributed by atoms with E-state index in [9.17, 15) is 8.42 Å². The third-order valence-electron chi connectivity index (χ3n) is 8.73. The maximum atomic E-state index is 14.2. The Bertz CT molecular complexity index is 1740. The Labute approximate surface area is 271 Å². The zero-order chi connectivity index (χ0) is 31.5. The summed E-state index contributed by atoms with van der Waals surface area (Å²) in [5, 5.41) is 2.76. The van der Waals surface area contributed by atoms with Gasteiger partial charge in [0.1, 0.15) is 6.54 Å². The summed E-state index contributed by atoms with van der Waals surface area (Å²) in [6, 6.07) is 20.9. The molecular weight excluding hydrogens is 615 g/mol. The Morgan fingerprint density at radius 3 is 2.18 bits per heavy atom. The predicted octanol–water partition coefficient (Wildman–Crippen LogP) is 8.52. The van der Waals surface area contributed by atoms with E-state index in [-0.39, 0.29) is 18.2 Å². The second kappa shape index (κ2) is 13.7. The van der Waals surface area contributed by atoms with Crippen molar-refractivity contribution in [1.29, 1.82) is 0 Å². The zero-order valence-corrected chi connectivity index (χ0v) is 28.2. The van der Waals surface area contributed by atoms with E-state index in [4.69, 9.17) is 32.7 Å². The van der Waals surface area contributed by atoms with Crippen molar-refractivity contribution in [2.45, 2.75) is 58.5 Å². The molecule has 0 N–H and O–H groups in total. The maximum absolute atomic E-state index is 14.2. The van der Waals surface area contributed by atoms with Gasteiger partial charge in [0, 0.05) is 34.8 Å². The Balaban J connectivity index is 1.37. The van der Waals surface area contributed by atoms with Crippen LogP contribution in [0.2, 0.25) is 10.0 Å². The average Bonchev–Trinajstić information content (AvgIpc) is 3.44. The summed E-state index contributed by atoms with van der Waals surface area (Å²) in [5.74, 6) is 1.14. The van der Waals surface area contributed by atoms with Crippen molar-refractivity contribution in [3.05, 3.63) is 99.0 Å². The minimum atomic E-state index is -3.85. The standard InChI is InChI=1S/C35H41Cl2N2O4S/c1-5-39(6-2,23-27-16-25(3)15-26(4)17-27)14-8-7-13-38(22-30-20-34-35(21-33(30)37)43-24-42-34)44(40,41)32-12-10-28-18-31(36)11-9-29(28)19-32/h9-12,15-21H,5-8,13-14,22-24H2,1-4H3/q+1. The van der Waals surface area contributed by atoms with Gasteiger partial charge >= 0.3 is 0 Å². The van der Waals surface area contributed by atoms with Gasteiger partial charge in [-0.2, -0.15) is 4.31 Å². The largest absolute Gasteiger partial charge is 0.454 e. The molecule has 4 aromatic rings. The number of aryl methyl sites for hydroxylation is 2. The first-order valence-corrected chi connectivity index (χ1v) is 17.4. The first-order valence-electron chi connectivity index (χ1n) is 15.2. The number of rotatable bonds is 13. The number of nitrogens with zero attached hydrogens (tertiary/aromatic N) is 2. The quantitative estimate of drug-likeness (QED) is 0.107. The Hall–Kier alpha value is -2.81. The molecular formula is C35H41Cl2N2O4S+. The van der Waals surface area contributed by atoms with E-state index in [1.165, 1.54) is 16.7 Å². The molecule has 0 unspecified atom stereocenters. The van der Waals surface area contributed by atoms with Gasteiger partial charge < -0.3 is 14.0 Å². The second-order valence-corrected chi connectivity index (χ2v) is 14.6. The molecule has 1 aliphatic heterocycles. The average molecular weight is 657 g/mol. The van der Waals surface area contributed by atoms with Crippen molar-refractivity contribution in [2.75, 3.05) is 33.0 Å². The molecule has 5 rings (SSSR count). The first-order chi connectivity index (χ1) is 21.0. The number of benzene rings is 4. The number of sulfonamides is 1. The summed E-state index contributed by atoms with van der Waals surface area (Å²) in [5.41, 5.74) is 4.59. The van der Waals surface area contributed by atoms with Crippen LogP contribution in [-0.4, -0.2) is 50.2 Å². The van der Waals surface area contributed by atoms with E-state index in [2.05, 4.69) is 45.9 Å². The second-order valence-electron chi connectivity index (χ2n) is 11.8. The number of ether oxygens (including phenoxy) is 2. The minimum Gasteiger partial charge on any atom is -0.454 e. The SMILES string of the molecule is CC[N+](CC)(CCCCN(Cc1cc2c(cc1Cl)OCO2)S(=O)(=O)c1ccc2cc(Cl)ccc2c1)Cc1cc(C)cc(C)c1. The number of quaternary nitrogens is 1. The summed E-state index contributed by atoms with van der Waals surface area (Å²) < 4.78 is 41.9. The van der Waals surface area contributed by atoms with Crippen molar-refractivity contribution in [2.24, 2.45) is 0 Å². The molecule has 4 aromatic carbocycles. The Morgan fingerprint density at radius 2 is 1.48 bits per heavy atom. The molecule has 0 radical (unpaired) electrons. The number of halogens is 2. The molecule has 0 saturated carbocycles. The van der Waals surface area contributed by atoms with E-state index in [1.54, 1.807) is 40.7 Å². The third kappa shape index (κ3) is 7.35. The van der Waals surface area contributed by atoms with Crippen molar-refractivity contribution in [1.82, 2.24) is 4.31 Å². The van der Waals surface area contributed by atoms with E-state index in [1.807, 2.05) is 12.1 Å². The van der Waals surface area contributed by atoms with Crippen LogP contribution in [-0.2, 0) is 23.1 Å². The number of hydrogen-bond acceptors (Lipinski definition) is 4. The van der Waals surface area contributed by atoms with Crippen LogP contribution in [0.5, 0.6) is 11.5 Å². The molecule has 1 aliphatic rings. The van der Waals surface area contributed by atoms with Gasteiger partial charge in [-0.05, 0) is 87.2 Å². The fourth-order valence-electron chi connectivity index (χ4n) is 6.18. The lowest BCUT2D eigenvalue weighted by Gasteiger charge is -2.37. The van der Waals surface area contributed by atoms with Crippen molar-refractivity contribution in [3.8, 4) is 11.5 Å². The highest BCUT2D eigenvalue weighted by Crippen LogP contribution is 2.38. The molecule has 6 nitrogen and oxygen atoms in total. The summed E-state index contributed by atoms with van der Waals surface area (Å²) in [4.78, 5) is 0.242. The summed E-state index contributed by atoms with van der Waals surface area (Å²) in [6.07, 6.45) is 1.61. The number of hydrogen-bond donors (Lipinski definition) is 0. The number of fused-ring (bicyclic) bond motifs is 2. The molecule has 0 fully saturated rings. The maximum Gasteiger partial charge on any atom is 0.243 e. The molecule has 0 spiro atoms. The topological polar surface area (TPSA) is 55.8 Å². The summed E-state index contributed by atoms with van der Waals surface area (Å²) in [7, 11) is -3.85. The van der Waals surface area contributed by atoms with Gasteiger partial charge in [-0.15, -0.1) is 0 Å². The van der Waals surface area contributed by atoms with Crippen LogP contribution < -0.4 is 9.47 Å². The predicted molar refractivity (Wildman–Crippen MR) is 179 cm³/mol. The zero-order valence-electron chi connectivity index (χ0n) is 25.9. The fourth-order valence-corrected chi connectivity index (χ4v) is 8.07. The molecule has 44 heavy (non-hydrogen) atoms. The normalized spacial score (nSPS) is 13.2. The van der Waals surface area contributed by atoms with E-state index in [0.29, 0.717) is 33.7 Å². The lowest BCUT2D eigenvalue weighted by Crippen LogP contribution is -2.47. The van der Waals surface area contributed by atoms with E-state index in [0.717, 1.165) is 54.3 Å². The van der Waals surface area contributed by atoms with Crippen molar-refractivity contribution >= 4 is 44.0 Å². The highest BCUT2D eigenvalue weighted by atomic mass is 35.5. The first kappa shape index (κ1) is 32.6. The van der Waals surface area contributed by atoms with Crippen molar-refractivity contribution < 1.29 is 22.4 Å². The third-order valence-corrected chi connectivity index (χ3v) is 11.2. The van der Waals surface area contributed by atoms with Crippen LogP contribution in [0.1, 0.15) is 48.9 Å². The molecule has 0 aromatic heterocycles. The van der Waals surface area contributed by atoms with Crippen LogP contribution >= 0.6 is 23.2 Å². The lowest BCUT2D eigenvalue weighted by molar-refractivity contribution is -0.938. The Morgan fingerprint density at radius 1 is 0.818 bits per heavy atom. The van der Waals surface area contributed by atoms with Gasteiger partial charge in [-0.3, -0.25) is 0 Å². The van der Waals surface area contributed by atoms with Gasteiger partial charge in [0.2, 0.25) is 16.8 Å². The van der Waals surface area contributed by atoms with Crippen molar-refractivity contribution in [3.63, 3.8) is 0 Å². The highest BCUT2D eigenvalue weighted by molar-refractivity contribution is 7.89. The smallest absolute Gasteiger partial charge is 0.243 e. The van der Waals surface area contributed by atoms with E-state index < -0.39 is 10.0 Å². The highest BCUT2D eigenvalue weighted by Gasteiger charge is 2.28.